The summed E-state index contributed by atoms with van der Waals surface area (Å²) in [5, 5.41) is 9.43. The van der Waals surface area contributed by atoms with Gasteiger partial charge in [-0.05, 0) is 32.1 Å². The molecule has 2 amide bonds. The van der Waals surface area contributed by atoms with E-state index in [9.17, 15) is 22.8 Å². The first kappa shape index (κ1) is 23.8. The zero-order valence-electron chi connectivity index (χ0n) is 17.8. The lowest BCUT2D eigenvalue weighted by Gasteiger charge is -2.70. The topological polar surface area (TPSA) is 97.9 Å². The van der Waals surface area contributed by atoms with Crippen LogP contribution in [0.5, 0.6) is 11.5 Å². The van der Waals surface area contributed by atoms with Crippen LogP contribution >= 0.6 is 23.2 Å². The molecule has 13 heteroatoms. The first-order chi connectivity index (χ1) is 15.9. The van der Waals surface area contributed by atoms with Crippen molar-refractivity contribution in [1.29, 1.82) is 0 Å². The summed E-state index contributed by atoms with van der Waals surface area (Å²) < 4.78 is 52.3. The minimum Gasteiger partial charge on any atom is -0.485 e. The zero-order chi connectivity index (χ0) is 24.3. The fourth-order valence-electron chi connectivity index (χ4n) is 5.28. The Bertz CT molecular complexity index is 996. The number of hydrogen-bond acceptors (Lipinski definition) is 6. The van der Waals surface area contributed by atoms with Crippen molar-refractivity contribution in [2.75, 3.05) is 13.2 Å². The van der Waals surface area contributed by atoms with Crippen LogP contribution in [-0.2, 0) is 14.3 Å². The maximum absolute atomic E-state index is 12.7. The van der Waals surface area contributed by atoms with Crippen LogP contribution in [0.2, 0.25) is 10.0 Å². The minimum absolute atomic E-state index is 0.0289. The van der Waals surface area contributed by atoms with Gasteiger partial charge in [0.1, 0.15) is 6.61 Å². The molecule has 3 aliphatic carbocycles. The summed E-state index contributed by atoms with van der Waals surface area (Å²) in [5.41, 5.74) is -0.802. The normalized spacial score (nSPS) is 33.9. The Balaban J connectivity index is 1.07. The van der Waals surface area contributed by atoms with Crippen molar-refractivity contribution >= 4 is 35.0 Å². The van der Waals surface area contributed by atoms with Crippen molar-refractivity contribution in [2.45, 2.75) is 67.8 Å². The number of carbonyl (C=O) groups is 2. The van der Waals surface area contributed by atoms with Gasteiger partial charge < -0.3 is 25.4 Å². The minimum atomic E-state index is -4.69. The molecule has 2 bridgehead atoms. The number of fused-ring (bicyclic) bond motifs is 1. The number of alkyl halides is 3. The van der Waals surface area contributed by atoms with Crippen molar-refractivity contribution in [3.63, 3.8) is 0 Å². The Kier molecular flexibility index (Phi) is 5.82. The smallest absolute Gasteiger partial charge is 0.485 e. The lowest BCUT2D eigenvalue weighted by Crippen LogP contribution is -2.84. The molecule has 3 saturated carbocycles. The molecule has 1 aromatic rings. The van der Waals surface area contributed by atoms with E-state index in [1.54, 1.807) is 0 Å². The van der Waals surface area contributed by atoms with E-state index in [0.29, 0.717) is 35.8 Å². The van der Waals surface area contributed by atoms with E-state index in [4.69, 9.17) is 32.7 Å². The molecule has 2 heterocycles. The van der Waals surface area contributed by atoms with E-state index in [0.717, 1.165) is 0 Å². The van der Waals surface area contributed by atoms with Crippen LogP contribution in [0.1, 0.15) is 32.1 Å². The number of nitrogens with one attached hydrogen (secondary N) is 3. The van der Waals surface area contributed by atoms with Gasteiger partial charge in [0.2, 0.25) is 12.0 Å². The lowest BCUT2D eigenvalue weighted by molar-refractivity contribution is -0.343. The first-order valence-corrected chi connectivity index (χ1v) is 11.6. The summed E-state index contributed by atoms with van der Waals surface area (Å²) in [6, 6.07) is 2.47. The standard InChI is InChI=1S/C21H22Cl2F3N3O5/c22-11-3-14-15(4-12(11)23)33-16(6-32-14)18(31)29-20-7-19(8-20,9-20)28-17(30)13-2-1-10(5-27-13)34-21(24,25)26/h3-4,10,13,16,27H,1-2,5-9H2,(H,28,30)(H,29,31). The van der Waals surface area contributed by atoms with Crippen LogP contribution in [0.25, 0.3) is 0 Å². The quantitative estimate of drug-likeness (QED) is 0.549. The molecule has 34 heavy (non-hydrogen) atoms. The van der Waals surface area contributed by atoms with Gasteiger partial charge in [-0.3, -0.25) is 14.3 Å². The largest absolute Gasteiger partial charge is 0.522 e. The molecule has 5 aliphatic rings. The summed E-state index contributed by atoms with van der Waals surface area (Å²) in [6.45, 7) is -0.0181. The molecule has 2 aliphatic heterocycles. The van der Waals surface area contributed by atoms with Crippen molar-refractivity contribution in [1.82, 2.24) is 16.0 Å². The van der Waals surface area contributed by atoms with Crippen LogP contribution in [0.15, 0.2) is 12.1 Å². The van der Waals surface area contributed by atoms with E-state index in [-0.39, 0.29) is 42.8 Å². The van der Waals surface area contributed by atoms with Gasteiger partial charge in [0.15, 0.2) is 11.5 Å². The fraction of sp³-hybridized carbons (Fsp3) is 0.619. The van der Waals surface area contributed by atoms with Gasteiger partial charge in [-0.2, -0.15) is 0 Å². The van der Waals surface area contributed by atoms with Crippen molar-refractivity contribution in [3.05, 3.63) is 22.2 Å². The molecule has 0 spiro atoms. The number of ether oxygens (including phenoxy) is 3. The van der Waals surface area contributed by atoms with E-state index >= 15 is 0 Å². The number of piperidine rings is 1. The van der Waals surface area contributed by atoms with Gasteiger partial charge in [0.05, 0.1) is 22.2 Å². The predicted molar refractivity (Wildman–Crippen MR) is 114 cm³/mol. The van der Waals surface area contributed by atoms with Gasteiger partial charge in [-0.15, -0.1) is 13.2 Å². The molecule has 1 saturated heterocycles. The molecule has 186 valence electrons. The average molecular weight is 524 g/mol. The Morgan fingerprint density at radius 2 is 1.65 bits per heavy atom. The highest BCUT2D eigenvalue weighted by atomic mass is 35.5. The third-order valence-electron chi connectivity index (χ3n) is 6.73. The predicted octanol–water partition coefficient (Wildman–Crippen LogP) is 2.70. The molecule has 3 atom stereocenters. The first-order valence-electron chi connectivity index (χ1n) is 10.9. The molecule has 0 aromatic heterocycles. The maximum Gasteiger partial charge on any atom is 0.522 e. The number of hydrogen-bond donors (Lipinski definition) is 3. The summed E-state index contributed by atoms with van der Waals surface area (Å²) in [4.78, 5) is 25.3. The van der Waals surface area contributed by atoms with Crippen molar-refractivity contribution in [3.8, 4) is 11.5 Å². The van der Waals surface area contributed by atoms with Crippen LogP contribution in [0.3, 0.4) is 0 Å². The van der Waals surface area contributed by atoms with Gasteiger partial charge in [0, 0.05) is 29.8 Å². The van der Waals surface area contributed by atoms with Crippen LogP contribution in [0, 0.1) is 0 Å². The van der Waals surface area contributed by atoms with Crippen LogP contribution in [-0.4, -0.2) is 60.7 Å². The number of halogens is 5. The second kappa shape index (κ2) is 8.32. The molecular weight excluding hydrogens is 502 g/mol. The number of benzene rings is 1. The third kappa shape index (κ3) is 4.62. The van der Waals surface area contributed by atoms with Gasteiger partial charge in [-0.25, -0.2) is 0 Å². The van der Waals surface area contributed by atoms with Crippen molar-refractivity contribution < 1.29 is 37.0 Å². The number of amides is 2. The third-order valence-corrected chi connectivity index (χ3v) is 7.45. The maximum atomic E-state index is 12.7. The summed E-state index contributed by atoms with van der Waals surface area (Å²) >= 11 is 12.0. The van der Waals surface area contributed by atoms with Gasteiger partial charge in [-0.1, -0.05) is 23.2 Å². The molecule has 0 radical (unpaired) electrons. The lowest BCUT2D eigenvalue weighted by atomic mass is 9.44. The molecule has 3 unspecified atom stereocenters. The van der Waals surface area contributed by atoms with E-state index in [1.165, 1.54) is 12.1 Å². The highest BCUT2D eigenvalue weighted by molar-refractivity contribution is 6.42. The van der Waals surface area contributed by atoms with E-state index in [1.807, 2.05) is 0 Å². The Morgan fingerprint density at radius 3 is 2.24 bits per heavy atom. The van der Waals surface area contributed by atoms with Crippen LogP contribution < -0.4 is 25.4 Å². The van der Waals surface area contributed by atoms with E-state index in [2.05, 4.69) is 20.7 Å². The second-order valence-corrected chi connectivity index (χ2v) is 10.2. The highest BCUT2D eigenvalue weighted by Gasteiger charge is 2.69. The Labute approximate surface area is 202 Å². The Morgan fingerprint density at radius 1 is 1.03 bits per heavy atom. The van der Waals surface area contributed by atoms with E-state index < -0.39 is 35.7 Å². The number of rotatable bonds is 5. The summed E-state index contributed by atoms with van der Waals surface area (Å²) in [7, 11) is 0. The second-order valence-electron chi connectivity index (χ2n) is 9.42. The van der Waals surface area contributed by atoms with Crippen molar-refractivity contribution in [2.24, 2.45) is 0 Å². The average Bonchev–Trinajstić information content (AvgIpc) is 2.71. The van der Waals surface area contributed by atoms with Crippen LogP contribution in [0.4, 0.5) is 13.2 Å². The van der Waals surface area contributed by atoms with Gasteiger partial charge >= 0.3 is 6.36 Å². The molecule has 3 N–H and O–H groups in total. The SMILES string of the molecule is O=C(NC12CC(NC(=O)C3COc4cc(Cl)c(Cl)cc4O3)(C1)C2)C1CCC(OC(F)(F)F)CN1. The molecule has 6 rings (SSSR count). The highest BCUT2D eigenvalue weighted by Crippen LogP contribution is 2.60. The zero-order valence-corrected chi connectivity index (χ0v) is 19.3. The molecule has 8 nitrogen and oxygen atoms in total. The Hall–Kier alpha value is -1.95. The summed E-state index contributed by atoms with van der Waals surface area (Å²) in [5.74, 6) is 0.186. The number of carbonyl (C=O) groups excluding carboxylic acids is 2. The monoisotopic (exact) mass is 523 g/mol. The summed E-state index contributed by atoms with van der Waals surface area (Å²) in [6.07, 6.45) is -4.40. The fourth-order valence-corrected chi connectivity index (χ4v) is 5.59. The molecule has 1 aromatic carbocycles. The molecule has 4 fully saturated rings. The molecular formula is C21H22Cl2F3N3O5. The van der Waals surface area contributed by atoms with Gasteiger partial charge in [0.25, 0.3) is 5.91 Å².